The molecule has 0 spiro atoms. The molecule has 0 saturated heterocycles. The molecule has 0 aliphatic heterocycles. The smallest absolute Gasteiger partial charge is 0.0847 e. The summed E-state index contributed by atoms with van der Waals surface area (Å²) in [6.07, 6.45) is 2.14. The van der Waals surface area contributed by atoms with Gasteiger partial charge >= 0.3 is 0 Å². The molecular formula is C13H24ClN3S. The highest BCUT2D eigenvalue weighted by molar-refractivity contribution is 7.99. The van der Waals surface area contributed by atoms with E-state index < -0.39 is 0 Å². The summed E-state index contributed by atoms with van der Waals surface area (Å²) < 4.78 is 1.90. The lowest BCUT2D eigenvalue weighted by Gasteiger charge is -2.18. The van der Waals surface area contributed by atoms with Gasteiger partial charge in [0.1, 0.15) is 0 Å². The lowest BCUT2D eigenvalue weighted by molar-refractivity contribution is 0.581. The van der Waals surface area contributed by atoms with Gasteiger partial charge in [0.15, 0.2) is 0 Å². The summed E-state index contributed by atoms with van der Waals surface area (Å²) in [5.74, 6) is 1.10. The second-order valence-electron chi connectivity index (χ2n) is 4.71. The van der Waals surface area contributed by atoms with E-state index in [9.17, 15) is 0 Å². The zero-order valence-corrected chi connectivity index (χ0v) is 13.5. The van der Waals surface area contributed by atoms with Crippen LogP contribution in [0.4, 0.5) is 0 Å². The van der Waals surface area contributed by atoms with Gasteiger partial charge in [-0.2, -0.15) is 16.9 Å². The van der Waals surface area contributed by atoms with E-state index in [4.69, 9.17) is 11.6 Å². The maximum atomic E-state index is 6.29. The fourth-order valence-corrected chi connectivity index (χ4v) is 3.10. The van der Waals surface area contributed by atoms with Crippen molar-refractivity contribution in [3.05, 3.63) is 16.4 Å². The molecule has 5 heteroatoms. The van der Waals surface area contributed by atoms with Crippen LogP contribution in [0.5, 0.6) is 0 Å². The lowest BCUT2D eigenvalue weighted by atomic mass is 10.2. The van der Waals surface area contributed by atoms with Crippen LogP contribution in [0.1, 0.15) is 31.7 Å². The molecular weight excluding hydrogens is 266 g/mol. The Morgan fingerprint density at radius 2 is 2.17 bits per heavy atom. The Morgan fingerprint density at radius 1 is 1.50 bits per heavy atom. The first-order chi connectivity index (χ1) is 8.49. The number of hydrogen-bond acceptors (Lipinski definition) is 3. The minimum atomic E-state index is 0.441. The average molecular weight is 290 g/mol. The van der Waals surface area contributed by atoms with Gasteiger partial charge in [-0.3, -0.25) is 4.68 Å². The molecule has 3 nitrogen and oxygen atoms in total. The van der Waals surface area contributed by atoms with E-state index in [2.05, 4.69) is 24.3 Å². The molecule has 0 fully saturated rings. The zero-order valence-electron chi connectivity index (χ0n) is 12.0. The third kappa shape index (κ3) is 4.18. The van der Waals surface area contributed by atoms with Crippen molar-refractivity contribution >= 4 is 23.4 Å². The van der Waals surface area contributed by atoms with Gasteiger partial charge in [-0.25, -0.2) is 0 Å². The van der Waals surface area contributed by atoms with Crippen molar-refractivity contribution in [2.45, 2.75) is 44.9 Å². The average Bonchev–Trinajstić information content (AvgIpc) is 2.59. The minimum Gasteiger partial charge on any atom is -0.316 e. The molecule has 0 aromatic carbocycles. The standard InChI is InChI=1S/C13H24ClN3S/c1-6-9(2)18-8-11(15-4)7-12-13(14)10(3)16-17(12)5/h9,11,15H,6-8H2,1-5H3. The molecule has 2 atom stereocenters. The quantitative estimate of drug-likeness (QED) is 0.837. The second-order valence-corrected chi connectivity index (χ2v) is 6.56. The van der Waals surface area contributed by atoms with Crippen molar-refractivity contribution in [1.82, 2.24) is 15.1 Å². The monoisotopic (exact) mass is 289 g/mol. The van der Waals surface area contributed by atoms with Crippen LogP contribution in [-0.4, -0.2) is 33.9 Å². The van der Waals surface area contributed by atoms with Gasteiger partial charge in [0.05, 0.1) is 16.4 Å². The SMILES string of the molecule is CCC(C)SCC(Cc1c(Cl)c(C)nn1C)NC. The van der Waals surface area contributed by atoms with Gasteiger partial charge in [0.25, 0.3) is 0 Å². The molecule has 0 saturated carbocycles. The fraction of sp³-hybridized carbons (Fsp3) is 0.769. The predicted octanol–water partition coefficient (Wildman–Crippen LogP) is 3.04. The number of thioether (sulfide) groups is 1. The predicted molar refractivity (Wildman–Crippen MR) is 81.7 cm³/mol. The second kappa shape index (κ2) is 7.41. The van der Waals surface area contributed by atoms with Crippen LogP contribution in [-0.2, 0) is 13.5 Å². The van der Waals surface area contributed by atoms with Crippen LogP contribution in [0, 0.1) is 6.92 Å². The van der Waals surface area contributed by atoms with E-state index in [1.807, 2.05) is 37.5 Å². The largest absolute Gasteiger partial charge is 0.316 e. The first-order valence-electron chi connectivity index (χ1n) is 6.46. The van der Waals surface area contributed by atoms with Crippen LogP contribution in [0.2, 0.25) is 5.02 Å². The van der Waals surface area contributed by atoms with E-state index in [1.165, 1.54) is 6.42 Å². The van der Waals surface area contributed by atoms with Crippen molar-refractivity contribution in [1.29, 1.82) is 0 Å². The number of nitrogens with one attached hydrogen (secondary N) is 1. The highest BCUT2D eigenvalue weighted by Gasteiger charge is 2.16. The first-order valence-corrected chi connectivity index (χ1v) is 7.89. The molecule has 1 rings (SSSR count). The molecule has 0 amide bonds. The number of likely N-dealkylation sites (N-methyl/N-ethyl adjacent to an activating group) is 1. The molecule has 1 heterocycles. The number of hydrogen-bond donors (Lipinski definition) is 1. The third-order valence-electron chi connectivity index (χ3n) is 3.27. The highest BCUT2D eigenvalue weighted by atomic mass is 35.5. The van der Waals surface area contributed by atoms with Gasteiger partial charge in [-0.15, -0.1) is 0 Å². The molecule has 2 unspecified atom stereocenters. The van der Waals surface area contributed by atoms with Crippen LogP contribution < -0.4 is 5.32 Å². The molecule has 0 aliphatic carbocycles. The van der Waals surface area contributed by atoms with Gasteiger partial charge in [0, 0.05) is 30.5 Å². The molecule has 1 aromatic heterocycles. The Bertz CT molecular complexity index is 379. The fourth-order valence-electron chi connectivity index (χ4n) is 1.78. The number of nitrogens with zero attached hydrogens (tertiary/aromatic N) is 2. The number of rotatable bonds is 7. The Hall–Kier alpha value is -0.190. The summed E-state index contributed by atoms with van der Waals surface area (Å²) in [4.78, 5) is 0. The molecule has 0 aliphatic rings. The number of aromatic nitrogens is 2. The molecule has 0 radical (unpaired) electrons. The molecule has 1 aromatic rings. The van der Waals surface area contributed by atoms with Gasteiger partial charge in [-0.05, 0) is 20.4 Å². The minimum absolute atomic E-state index is 0.441. The summed E-state index contributed by atoms with van der Waals surface area (Å²) in [5, 5.41) is 9.26. The van der Waals surface area contributed by atoms with Crippen molar-refractivity contribution in [3.8, 4) is 0 Å². The molecule has 0 bridgehead atoms. The van der Waals surface area contributed by atoms with E-state index in [1.54, 1.807) is 0 Å². The maximum Gasteiger partial charge on any atom is 0.0847 e. The molecule has 1 N–H and O–H groups in total. The number of aryl methyl sites for hydroxylation is 2. The van der Waals surface area contributed by atoms with Crippen molar-refractivity contribution < 1.29 is 0 Å². The molecule has 18 heavy (non-hydrogen) atoms. The van der Waals surface area contributed by atoms with Crippen molar-refractivity contribution in [2.24, 2.45) is 7.05 Å². The highest BCUT2D eigenvalue weighted by Crippen LogP contribution is 2.22. The van der Waals surface area contributed by atoms with E-state index >= 15 is 0 Å². The Balaban J connectivity index is 2.62. The summed E-state index contributed by atoms with van der Waals surface area (Å²) in [6, 6.07) is 0.441. The Morgan fingerprint density at radius 3 is 2.61 bits per heavy atom. The topological polar surface area (TPSA) is 29.9 Å². The van der Waals surface area contributed by atoms with E-state index in [0.29, 0.717) is 11.3 Å². The Kier molecular flexibility index (Phi) is 6.53. The Labute approximate surface area is 120 Å². The van der Waals surface area contributed by atoms with Crippen LogP contribution in [0.15, 0.2) is 0 Å². The van der Waals surface area contributed by atoms with Gasteiger partial charge < -0.3 is 5.32 Å². The van der Waals surface area contributed by atoms with Gasteiger partial charge in [-0.1, -0.05) is 25.4 Å². The summed E-state index contributed by atoms with van der Waals surface area (Å²) in [5.41, 5.74) is 2.04. The maximum absolute atomic E-state index is 6.29. The first kappa shape index (κ1) is 15.9. The normalized spacial score (nSPS) is 14.8. The van der Waals surface area contributed by atoms with Crippen LogP contribution in [0.25, 0.3) is 0 Å². The van der Waals surface area contributed by atoms with Crippen molar-refractivity contribution in [3.63, 3.8) is 0 Å². The third-order valence-corrected chi connectivity index (χ3v) is 5.26. The number of halogens is 1. The zero-order chi connectivity index (χ0) is 13.7. The summed E-state index contributed by atoms with van der Waals surface area (Å²) >= 11 is 8.30. The molecule has 104 valence electrons. The van der Waals surface area contributed by atoms with E-state index in [-0.39, 0.29) is 0 Å². The van der Waals surface area contributed by atoms with Crippen LogP contribution >= 0.6 is 23.4 Å². The van der Waals surface area contributed by atoms with Crippen molar-refractivity contribution in [2.75, 3.05) is 12.8 Å². The lowest BCUT2D eigenvalue weighted by Crippen LogP contribution is -2.31. The van der Waals surface area contributed by atoms with Gasteiger partial charge in [0.2, 0.25) is 0 Å². The van der Waals surface area contributed by atoms with E-state index in [0.717, 1.165) is 28.6 Å². The van der Waals surface area contributed by atoms with Crippen LogP contribution in [0.3, 0.4) is 0 Å². The summed E-state index contributed by atoms with van der Waals surface area (Å²) in [6.45, 7) is 6.46. The summed E-state index contributed by atoms with van der Waals surface area (Å²) in [7, 11) is 3.97.